The first-order valence-electron chi connectivity index (χ1n) is 2.35. The SMILES string of the molecule is ONC=NCCCCl. The number of alkyl halides is 1. The molecule has 0 aliphatic carbocycles. The van der Waals surface area contributed by atoms with Gasteiger partial charge in [0.15, 0.2) is 0 Å². The summed E-state index contributed by atoms with van der Waals surface area (Å²) in [7, 11) is 0. The van der Waals surface area contributed by atoms with Crippen molar-refractivity contribution in [2.24, 2.45) is 4.99 Å². The second kappa shape index (κ2) is 6.72. The van der Waals surface area contributed by atoms with Crippen LogP contribution >= 0.6 is 11.6 Å². The predicted molar refractivity (Wildman–Crippen MR) is 33.6 cm³/mol. The molecule has 0 aromatic rings. The molecule has 0 heterocycles. The molecule has 3 nitrogen and oxygen atoms in total. The molecule has 0 aromatic carbocycles. The van der Waals surface area contributed by atoms with E-state index in [1.54, 1.807) is 5.48 Å². The van der Waals surface area contributed by atoms with Crippen LogP contribution in [0.2, 0.25) is 0 Å². The van der Waals surface area contributed by atoms with E-state index in [4.69, 9.17) is 16.8 Å². The second-order valence-corrected chi connectivity index (χ2v) is 1.58. The van der Waals surface area contributed by atoms with Gasteiger partial charge in [-0.05, 0) is 6.42 Å². The molecule has 48 valence electrons. The van der Waals surface area contributed by atoms with Crippen LogP contribution in [0.4, 0.5) is 0 Å². The fraction of sp³-hybridized carbons (Fsp3) is 0.750. The molecule has 0 aliphatic heterocycles. The quantitative estimate of drug-likeness (QED) is 0.196. The van der Waals surface area contributed by atoms with Gasteiger partial charge in [-0.25, -0.2) is 0 Å². The van der Waals surface area contributed by atoms with Crippen LogP contribution in [0, 0.1) is 0 Å². The highest BCUT2D eigenvalue weighted by Crippen LogP contribution is 1.82. The number of hydrogen-bond donors (Lipinski definition) is 2. The Bertz CT molecular complexity index is 67.1. The lowest BCUT2D eigenvalue weighted by Gasteiger charge is -1.86. The van der Waals surface area contributed by atoms with Gasteiger partial charge in [-0.2, -0.15) is 0 Å². The maximum absolute atomic E-state index is 7.93. The summed E-state index contributed by atoms with van der Waals surface area (Å²) in [5.74, 6) is 0.614. The topological polar surface area (TPSA) is 44.6 Å². The lowest BCUT2D eigenvalue weighted by atomic mass is 10.5. The van der Waals surface area contributed by atoms with Crippen molar-refractivity contribution in [2.75, 3.05) is 12.4 Å². The molecule has 0 amide bonds. The first-order chi connectivity index (χ1) is 3.91. The van der Waals surface area contributed by atoms with Crippen LogP contribution in [-0.4, -0.2) is 24.0 Å². The average Bonchev–Trinajstić information content (AvgIpc) is 1.81. The number of nitrogens with one attached hydrogen (secondary N) is 1. The maximum Gasteiger partial charge on any atom is 0.107 e. The van der Waals surface area contributed by atoms with E-state index in [1.807, 2.05) is 0 Å². The van der Waals surface area contributed by atoms with Crippen LogP contribution < -0.4 is 5.48 Å². The predicted octanol–water partition coefficient (Wildman–Crippen LogP) is 0.622. The van der Waals surface area contributed by atoms with Gasteiger partial charge in [-0.15, -0.1) is 11.6 Å². The zero-order chi connectivity index (χ0) is 6.24. The summed E-state index contributed by atoms with van der Waals surface area (Å²) >= 11 is 5.32. The highest BCUT2D eigenvalue weighted by molar-refractivity contribution is 6.17. The van der Waals surface area contributed by atoms with Crippen molar-refractivity contribution in [3.63, 3.8) is 0 Å². The van der Waals surface area contributed by atoms with Gasteiger partial charge in [0, 0.05) is 12.4 Å². The van der Waals surface area contributed by atoms with Crippen molar-refractivity contribution in [2.45, 2.75) is 6.42 Å². The van der Waals surface area contributed by atoms with Gasteiger partial charge < -0.3 is 0 Å². The lowest BCUT2D eigenvalue weighted by molar-refractivity contribution is 0.239. The van der Waals surface area contributed by atoms with Gasteiger partial charge in [0.2, 0.25) is 0 Å². The van der Waals surface area contributed by atoms with Crippen molar-refractivity contribution in [3.8, 4) is 0 Å². The van der Waals surface area contributed by atoms with Crippen LogP contribution in [0.5, 0.6) is 0 Å². The summed E-state index contributed by atoms with van der Waals surface area (Å²) in [5, 5.41) is 7.93. The first-order valence-corrected chi connectivity index (χ1v) is 2.89. The molecule has 0 bridgehead atoms. The molecular formula is C4H9ClN2O. The van der Waals surface area contributed by atoms with Crippen LogP contribution in [-0.2, 0) is 0 Å². The first kappa shape index (κ1) is 7.72. The van der Waals surface area contributed by atoms with E-state index >= 15 is 0 Å². The summed E-state index contributed by atoms with van der Waals surface area (Å²) in [6.07, 6.45) is 2.08. The van der Waals surface area contributed by atoms with Crippen LogP contribution in [0.3, 0.4) is 0 Å². The minimum absolute atomic E-state index is 0.614. The molecule has 0 unspecified atom stereocenters. The minimum atomic E-state index is 0.614. The number of hydroxylamine groups is 1. The highest BCUT2D eigenvalue weighted by atomic mass is 35.5. The van der Waals surface area contributed by atoms with Gasteiger partial charge in [0.25, 0.3) is 0 Å². The van der Waals surface area contributed by atoms with Crippen LogP contribution in [0.15, 0.2) is 4.99 Å². The van der Waals surface area contributed by atoms with Gasteiger partial charge in [-0.1, -0.05) is 0 Å². The summed E-state index contributed by atoms with van der Waals surface area (Å²) in [6.45, 7) is 0.664. The second-order valence-electron chi connectivity index (χ2n) is 1.21. The zero-order valence-electron chi connectivity index (χ0n) is 4.47. The Balaban J connectivity index is 2.80. The Morgan fingerprint density at radius 3 is 3.00 bits per heavy atom. The van der Waals surface area contributed by atoms with Crippen molar-refractivity contribution in [1.82, 2.24) is 5.48 Å². The van der Waals surface area contributed by atoms with Gasteiger partial charge in [0.05, 0.1) is 0 Å². The number of halogens is 1. The van der Waals surface area contributed by atoms with E-state index in [-0.39, 0.29) is 0 Å². The normalized spacial score (nSPS) is 10.2. The van der Waals surface area contributed by atoms with Crippen LogP contribution in [0.25, 0.3) is 0 Å². The third-order valence-corrected chi connectivity index (χ3v) is 0.837. The molecule has 4 heteroatoms. The highest BCUT2D eigenvalue weighted by Gasteiger charge is 1.76. The van der Waals surface area contributed by atoms with E-state index in [1.165, 1.54) is 6.34 Å². The number of nitrogens with zero attached hydrogens (tertiary/aromatic N) is 1. The van der Waals surface area contributed by atoms with Crippen molar-refractivity contribution >= 4 is 17.9 Å². The molecule has 2 N–H and O–H groups in total. The average molecular weight is 137 g/mol. The summed E-state index contributed by atoms with van der Waals surface area (Å²) < 4.78 is 0. The Kier molecular flexibility index (Phi) is 6.48. The van der Waals surface area contributed by atoms with E-state index in [0.29, 0.717) is 12.4 Å². The molecule has 0 aromatic heterocycles. The molecule has 0 saturated carbocycles. The molecule has 0 spiro atoms. The van der Waals surface area contributed by atoms with Crippen molar-refractivity contribution in [3.05, 3.63) is 0 Å². The Labute approximate surface area is 53.3 Å². The molecule has 0 rings (SSSR count). The molecule has 0 saturated heterocycles. The van der Waals surface area contributed by atoms with E-state index in [9.17, 15) is 0 Å². The Morgan fingerprint density at radius 1 is 1.75 bits per heavy atom. The largest absolute Gasteiger partial charge is 0.290 e. The van der Waals surface area contributed by atoms with Gasteiger partial charge in [0.1, 0.15) is 6.34 Å². The fourth-order valence-corrected chi connectivity index (χ4v) is 0.376. The molecular weight excluding hydrogens is 128 g/mol. The molecule has 8 heavy (non-hydrogen) atoms. The fourth-order valence-electron chi connectivity index (χ4n) is 0.256. The monoisotopic (exact) mass is 136 g/mol. The van der Waals surface area contributed by atoms with E-state index < -0.39 is 0 Å². The third-order valence-electron chi connectivity index (χ3n) is 0.570. The Hall–Kier alpha value is -0.280. The summed E-state index contributed by atoms with van der Waals surface area (Å²) in [4.78, 5) is 3.71. The molecule has 0 atom stereocenters. The van der Waals surface area contributed by atoms with E-state index in [2.05, 4.69) is 4.99 Å². The Morgan fingerprint density at radius 2 is 2.50 bits per heavy atom. The third kappa shape index (κ3) is 5.72. The number of rotatable bonds is 4. The smallest absolute Gasteiger partial charge is 0.107 e. The number of aliphatic imine (C=N–C) groups is 1. The van der Waals surface area contributed by atoms with Gasteiger partial charge >= 0.3 is 0 Å². The zero-order valence-corrected chi connectivity index (χ0v) is 5.23. The summed E-state index contributed by atoms with van der Waals surface area (Å²) in [6, 6.07) is 0. The number of hydrogen-bond acceptors (Lipinski definition) is 2. The summed E-state index contributed by atoms with van der Waals surface area (Å²) in [5.41, 5.74) is 1.79. The van der Waals surface area contributed by atoms with Crippen molar-refractivity contribution in [1.29, 1.82) is 0 Å². The molecule has 0 fully saturated rings. The minimum Gasteiger partial charge on any atom is -0.290 e. The standard InChI is InChI=1S/C4H9ClN2O/c5-2-1-3-6-4-7-8/h4,8H,1-3H2,(H,6,7). The van der Waals surface area contributed by atoms with Gasteiger partial charge in [-0.3, -0.25) is 15.7 Å². The van der Waals surface area contributed by atoms with E-state index in [0.717, 1.165) is 6.42 Å². The lowest BCUT2D eigenvalue weighted by Crippen LogP contribution is -2.02. The molecule has 0 aliphatic rings. The molecule has 0 radical (unpaired) electrons. The maximum atomic E-state index is 7.93. The van der Waals surface area contributed by atoms with Crippen molar-refractivity contribution < 1.29 is 5.21 Å². The van der Waals surface area contributed by atoms with Crippen LogP contribution in [0.1, 0.15) is 6.42 Å².